The quantitative estimate of drug-likeness (QED) is 0.708. The molecule has 2 aromatic heterocycles. The number of aryl methyl sites for hydroxylation is 2. The SMILES string of the molecule is Cc1cc(OC(F)F)cc(C)c1-n1cc2c(=O)[nH]c(N3CCOCCO3)nc2n1. The molecule has 1 aliphatic rings. The summed E-state index contributed by atoms with van der Waals surface area (Å²) in [5, 5.41) is 6.19. The molecule has 0 saturated carbocycles. The standard InChI is InChI=1S/C18H19F2N5O4/c1-10-7-12(29-17(19)20)8-11(2)14(10)24-9-13-15(23-24)21-18(22-16(13)26)25-3-4-27-5-6-28-25/h7-9,17H,3-6H2,1-2H3,(H,21,22,23,26). The number of aromatic nitrogens is 4. The Bertz CT molecular complexity index is 1070. The predicted molar refractivity (Wildman–Crippen MR) is 99.7 cm³/mol. The van der Waals surface area contributed by atoms with Crippen LogP contribution in [0.1, 0.15) is 11.1 Å². The Morgan fingerprint density at radius 1 is 1.21 bits per heavy atom. The molecule has 0 bridgehead atoms. The highest BCUT2D eigenvalue weighted by Crippen LogP contribution is 2.26. The van der Waals surface area contributed by atoms with E-state index in [0.29, 0.717) is 48.6 Å². The molecule has 4 rings (SSSR count). The molecule has 11 heteroatoms. The minimum Gasteiger partial charge on any atom is -0.435 e. The van der Waals surface area contributed by atoms with Gasteiger partial charge in [0, 0.05) is 6.20 Å². The van der Waals surface area contributed by atoms with Crippen molar-refractivity contribution in [1.82, 2.24) is 19.7 Å². The number of nitrogens with zero attached hydrogens (tertiary/aromatic N) is 4. The van der Waals surface area contributed by atoms with Crippen molar-refractivity contribution >= 4 is 17.0 Å². The third kappa shape index (κ3) is 3.91. The molecule has 9 nitrogen and oxygen atoms in total. The van der Waals surface area contributed by atoms with E-state index in [1.165, 1.54) is 21.9 Å². The number of anilines is 1. The van der Waals surface area contributed by atoms with Gasteiger partial charge in [-0.15, -0.1) is 5.10 Å². The highest BCUT2D eigenvalue weighted by Gasteiger charge is 2.18. The van der Waals surface area contributed by atoms with Crippen molar-refractivity contribution in [2.45, 2.75) is 20.5 Å². The van der Waals surface area contributed by atoms with Crippen LogP contribution in [0.3, 0.4) is 0 Å². The van der Waals surface area contributed by atoms with Gasteiger partial charge in [0.15, 0.2) is 5.65 Å². The second kappa shape index (κ2) is 7.76. The summed E-state index contributed by atoms with van der Waals surface area (Å²) in [6.45, 7) is 2.27. The Kier molecular flexibility index (Phi) is 5.16. The summed E-state index contributed by atoms with van der Waals surface area (Å²) >= 11 is 0. The number of hydrogen-bond acceptors (Lipinski definition) is 7. The van der Waals surface area contributed by atoms with Gasteiger partial charge in [-0.3, -0.25) is 14.6 Å². The van der Waals surface area contributed by atoms with Gasteiger partial charge in [-0.05, 0) is 37.1 Å². The highest BCUT2D eigenvalue weighted by atomic mass is 19.3. The molecule has 1 aromatic carbocycles. The van der Waals surface area contributed by atoms with Crippen LogP contribution in [0.4, 0.5) is 14.7 Å². The van der Waals surface area contributed by atoms with Crippen molar-refractivity contribution in [2.24, 2.45) is 0 Å². The number of hydroxylamine groups is 1. The van der Waals surface area contributed by atoms with Crippen LogP contribution < -0.4 is 15.4 Å². The summed E-state index contributed by atoms with van der Waals surface area (Å²) in [5.74, 6) is 0.307. The molecule has 1 N–H and O–H groups in total. The van der Waals surface area contributed by atoms with E-state index in [0.717, 1.165) is 0 Å². The Balaban J connectivity index is 1.74. The zero-order valence-electron chi connectivity index (χ0n) is 15.8. The average Bonchev–Trinajstić information content (AvgIpc) is 2.87. The zero-order chi connectivity index (χ0) is 20.5. The first kappa shape index (κ1) is 19.3. The Hall–Kier alpha value is -3.05. The number of hydrogen-bond donors (Lipinski definition) is 1. The average molecular weight is 407 g/mol. The highest BCUT2D eigenvalue weighted by molar-refractivity contribution is 5.75. The van der Waals surface area contributed by atoms with Crippen molar-refractivity contribution in [3.8, 4) is 11.4 Å². The molecular formula is C18H19F2N5O4. The smallest absolute Gasteiger partial charge is 0.387 e. The number of rotatable bonds is 4. The summed E-state index contributed by atoms with van der Waals surface area (Å²) in [4.78, 5) is 25.2. The molecule has 154 valence electrons. The van der Waals surface area contributed by atoms with Crippen LogP contribution in [0, 0.1) is 13.8 Å². The van der Waals surface area contributed by atoms with E-state index in [1.807, 2.05) is 0 Å². The van der Waals surface area contributed by atoms with E-state index in [-0.39, 0.29) is 22.9 Å². The first-order valence-electron chi connectivity index (χ1n) is 8.96. The summed E-state index contributed by atoms with van der Waals surface area (Å²) < 4.78 is 36.3. The Morgan fingerprint density at radius 3 is 2.69 bits per heavy atom. The fourth-order valence-electron chi connectivity index (χ4n) is 3.27. The lowest BCUT2D eigenvalue weighted by atomic mass is 10.1. The lowest BCUT2D eigenvalue weighted by molar-refractivity contribution is -0.0498. The van der Waals surface area contributed by atoms with Gasteiger partial charge in [-0.1, -0.05) is 0 Å². The maximum absolute atomic E-state index is 12.6. The van der Waals surface area contributed by atoms with Crippen LogP contribution in [0.15, 0.2) is 23.1 Å². The second-order valence-electron chi connectivity index (χ2n) is 6.53. The van der Waals surface area contributed by atoms with Gasteiger partial charge in [0.2, 0.25) is 5.95 Å². The fraction of sp³-hybridized carbons (Fsp3) is 0.389. The van der Waals surface area contributed by atoms with Crippen LogP contribution in [0.25, 0.3) is 16.7 Å². The summed E-state index contributed by atoms with van der Waals surface area (Å²) in [6.07, 6.45) is 1.56. The number of H-pyrrole nitrogens is 1. The summed E-state index contributed by atoms with van der Waals surface area (Å²) in [6, 6.07) is 2.99. The topological polar surface area (TPSA) is 94.5 Å². The van der Waals surface area contributed by atoms with E-state index >= 15 is 0 Å². The number of benzene rings is 1. The van der Waals surface area contributed by atoms with Crippen LogP contribution in [-0.4, -0.2) is 52.7 Å². The first-order valence-corrected chi connectivity index (χ1v) is 8.96. The maximum Gasteiger partial charge on any atom is 0.387 e. The first-order chi connectivity index (χ1) is 13.9. The third-order valence-corrected chi connectivity index (χ3v) is 4.45. The molecule has 0 spiro atoms. The lowest BCUT2D eigenvalue weighted by Crippen LogP contribution is -2.29. The van der Waals surface area contributed by atoms with E-state index < -0.39 is 6.61 Å². The van der Waals surface area contributed by atoms with Crippen LogP contribution in [0.2, 0.25) is 0 Å². The van der Waals surface area contributed by atoms with Crippen molar-refractivity contribution in [3.63, 3.8) is 0 Å². The van der Waals surface area contributed by atoms with Crippen molar-refractivity contribution in [3.05, 3.63) is 39.8 Å². The fourth-order valence-corrected chi connectivity index (χ4v) is 3.27. The minimum atomic E-state index is -2.90. The van der Waals surface area contributed by atoms with Crippen LogP contribution in [-0.2, 0) is 9.57 Å². The lowest BCUT2D eigenvalue weighted by Gasteiger charge is -2.18. The van der Waals surface area contributed by atoms with Gasteiger partial charge >= 0.3 is 6.61 Å². The van der Waals surface area contributed by atoms with Gasteiger partial charge < -0.3 is 9.47 Å². The summed E-state index contributed by atoms with van der Waals surface area (Å²) in [7, 11) is 0. The molecule has 0 radical (unpaired) electrons. The Labute approximate surface area is 163 Å². The molecule has 1 saturated heterocycles. The normalized spacial score (nSPS) is 15.1. The largest absolute Gasteiger partial charge is 0.435 e. The predicted octanol–water partition coefficient (Wildman–Crippen LogP) is 2.10. The number of nitrogens with one attached hydrogen (secondary N) is 1. The van der Waals surface area contributed by atoms with Gasteiger partial charge in [0.25, 0.3) is 5.56 Å². The molecule has 0 amide bonds. The molecule has 0 unspecified atom stereocenters. The van der Waals surface area contributed by atoms with Crippen molar-refractivity contribution in [2.75, 3.05) is 31.4 Å². The van der Waals surface area contributed by atoms with Gasteiger partial charge in [0.05, 0.1) is 32.1 Å². The number of halogens is 2. The maximum atomic E-state index is 12.6. The second-order valence-corrected chi connectivity index (χ2v) is 6.53. The van der Waals surface area contributed by atoms with E-state index in [2.05, 4.69) is 19.8 Å². The molecule has 29 heavy (non-hydrogen) atoms. The molecule has 3 aromatic rings. The molecule has 0 aliphatic carbocycles. The molecule has 1 aliphatic heterocycles. The van der Waals surface area contributed by atoms with E-state index in [1.54, 1.807) is 20.0 Å². The van der Waals surface area contributed by atoms with Gasteiger partial charge in [0.1, 0.15) is 11.1 Å². The number of fused-ring (bicyclic) bond motifs is 1. The third-order valence-electron chi connectivity index (χ3n) is 4.45. The van der Waals surface area contributed by atoms with Crippen molar-refractivity contribution < 1.29 is 23.1 Å². The number of alkyl halides is 2. The minimum absolute atomic E-state index is 0.0641. The monoisotopic (exact) mass is 407 g/mol. The summed E-state index contributed by atoms with van der Waals surface area (Å²) in [5.41, 5.74) is 1.86. The van der Waals surface area contributed by atoms with Crippen LogP contribution >= 0.6 is 0 Å². The molecule has 0 atom stereocenters. The van der Waals surface area contributed by atoms with Gasteiger partial charge in [-0.25, -0.2) is 9.75 Å². The van der Waals surface area contributed by atoms with E-state index in [4.69, 9.17) is 9.57 Å². The van der Waals surface area contributed by atoms with Gasteiger partial charge in [-0.2, -0.15) is 13.8 Å². The van der Waals surface area contributed by atoms with Crippen LogP contribution in [0.5, 0.6) is 5.75 Å². The molecular weight excluding hydrogens is 388 g/mol. The zero-order valence-corrected chi connectivity index (χ0v) is 15.8. The van der Waals surface area contributed by atoms with E-state index in [9.17, 15) is 13.6 Å². The van der Waals surface area contributed by atoms with Crippen molar-refractivity contribution in [1.29, 1.82) is 0 Å². The Morgan fingerprint density at radius 2 is 1.97 bits per heavy atom. The molecule has 1 fully saturated rings. The number of ether oxygens (including phenoxy) is 2. The number of aromatic amines is 1. The molecule has 3 heterocycles.